The summed E-state index contributed by atoms with van der Waals surface area (Å²) in [7, 11) is 0. The van der Waals surface area contributed by atoms with Crippen molar-refractivity contribution in [3.05, 3.63) is 111 Å². The first-order chi connectivity index (χ1) is 24.9. The number of hydrogen-bond donors (Lipinski definition) is 0. The second-order valence-electron chi connectivity index (χ2n) is 23.2. The molecule has 55 heavy (non-hydrogen) atoms. The second kappa shape index (κ2) is 12.7. The Hall–Kier alpha value is -3.52. The first kappa shape index (κ1) is 41.1. The number of rotatable bonds is 5. The average molecular weight is 739 g/mol. The molecule has 0 saturated heterocycles. The summed E-state index contributed by atoms with van der Waals surface area (Å²) in [6, 6.07) is 24.3. The molecule has 0 N–H and O–H groups in total. The van der Waals surface area contributed by atoms with Gasteiger partial charge in [-0.2, -0.15) is 0 Å². The summed E-state index contributed by atoms with van der Waals surface area (Å²) in [6.45, 7) is 47.8. The summed E-state index contributed by atoms with van der Waals surface area (Å²) in [5.41, 5.74) is 19.4. The summed E-state index contributed by atoms with van der Waals surface area (Å²) in [5.74, 6) is 0. The van der Waals surface area contributed by atoms with Gasteiger partial charge < -0.3 is 9.80 Å². The van der Waals surface area contributed by atoms with Crippen molar-refractivity contribution in [3.8, 4) is 0 Å². The van der Waals surface area contributed by atoms with Gasteiger partial charge in [0.1, 0.15) is 0 Å². The summed E-state index contributed by atoms with van der Waals surface area (Å²) >= 11 is 0. The Labute approximate surface area is 337 Å². The Morgan fingerprint density at radius 1 is 0.473 bits per heavy atom. The van der Waals surface area contributed by atoms with Gasteiger partial charge in [-0.1, -0.05) is 121 Å². The highest BCUT2D eigenvalue weighted by Crippen LogP contribution is 2.57. The van der Waals surface area contributed by atoms with Gasteiger partial charge in [-0.15, -0.1) is 0 Å². The Bertz CT molecular complexity index is 2130. The van der Waals surface area contributed by atoms with Crippen LogP contribution in [0.15, 0.2) is 60.7 Å². The zero-order valence-electron chi connectivity index (χ0n) is 38.6. The van der Waals surface area contributed by atoms with Crippen LogP contribution in [0, 0.1) is 20.8 Å². The normalized spacial score (nSPS) is 18.3. The van der Waals surface area contributed by atoms with Crippen molar-refractivity contribution in [2.45, 2.75) is 189 Å². The summed E-state index contributed by atoms with van der Waals surface area (Å²) in [6.07, 6.45) is 2.30. The Morgan fingerprint density at radius 3 is 1.51 bits per heavy atom. The summed E-state index contributed by atoms with van der Waals surface area (Å²) in [5, 5.41) is 0. The Morgan fingerprint density at radius 2 is 0.964 bits per heavy atom. The van der Waals surface area contributed by atoms with Crippen molar-refractivity contribution >= 4 is 28.4 Å². The zero-order chi connectivity index (χ0) is 41.2. The monoisotopic (exact) mass is 739 g/mol. The smallest absolute Gasteiger partial charge is 0.0523 e. The third-order valence-corrected chi connectivity index (χ3v) is 13.2. The predicted molar refractivity (Wildman–Crippen MR) is 242 cm³/mol. The molecule has 2 nitrogen and oxygen atoms in total. The Kier molecular flexibility index (Phi) is 9.53. The number of hydrogen-bond acceptors (Lipinski definition) is 2. The number of aryl methyl sites for hydroxylation is 1. The van der Waals surface area contributed by atoms with Crippen molar-refractivity contribution in [2.24, 2.45) is 0 Å². The van der Waals surface area contributed by atoms with Crippen LogP contribution >= 0.6 is 0 Å². The van der Waals surface area contributed by atoms with Gasteiger partial charge in [-0.25, -0.2) is 0 Å². The van der Waals surface area contributed by atoms with Crippen molar-refractivity contribution in [2.75, 3.05) is 9.80 Å². The molecule has 4 aromatic rings. The van der Waals surface area contributed by atoms with Crippen LogP contribution in [0.4, 0.5) is 28.4 Å². The lowest BCUT2D eigenvalue weighted by molar-refractivity contribution is 0.402. The largest absolute Gasteiger partial charge is 0.336 e. The van der Waals surface area contributed by atoms with Crippen LogP contribution in [0.1, 0.15) is 181 Å². The minimum Gasteiger partial charge on any atom is -0.336 e. The lowest BCUT2D eigenvalue weighted by atomic mass is 9.81. The standard InChI is InChI=1S/C53H74N2/c1-33-27-42-45(53(19,20)32-52(42,17)18)35(3)46(33)54(39-25-26-40-41(30-39)51(15,16)31-50(40,13)14)43-28-37(48(7,8)9)29-44(34(43)2)55(49(10,11)12)38-23-21-36(22-24-38)47(4,5)6/h21-30H,31-32H2,1-20H3. The summed E-state index contributed by atoms with van der Waals surface area (Å²) < 4.78 is 0. The van der Waals surface area contributed by atoms with Crippen molar-refractivity contribution in [1.29, 1.82) is 0 Å². The van der Waals surface area contributed by atoms with Gasteiger partial charge in [-0.05, 0) is 173 Å². The van der Waals surface area contributed by atoms with Gasteiger partial charge in [-0.3, -0.25) is 0 Å². The van der Waals surface area contributed by atoms with Crippen LogP contribution in [0.5, 0.6) is 0 Å². The minimum absolute atomic E-state index is 0.0689. The highest BCUT2D eigenvalue weighted by molar-refractivity contribution is 5.88. The maximum atomic E-state index is 2.67. The van der Waals surface area contributed by atoms with Crippen molar-refractivity contribution in [3.63, 3.8) is 0 Å². The molecular formula is C53H74N2. The first-order valence-electron chi connectivity index (χ1n) is 21.0. The molecule has 0 radical (unpaired) electrons. The van der Waals surface area contributed by atoms with Crippen LogP contribution in [0.3, 0.4) is 0 Å². The quantitative estimate of drug-likeness (QED) is 0.201. The van der Waals surface area contributed by atoms with Gasteiger partial charge >= 0.3 is 0 Å². The first-order valence-corrected chi connectivity index (χ1v) is 21.0. The number of nitrogens with zero attached hydrogens (tertiary/aromatic N) is 2. The van der Waals surface area contributed by atoms with Gasteiger partial charge in [0, 0.05) is 22.6 Å². The molecule has 0 unspecified atom stereocenters. The SMILES string of the molecule is Cc1cc2c(c(C)c1N(c1ccc3c(c1)C(C)(C)CC3(C)C)c1cc(C(C)(C)C)cc(N(c3ccc(C(C)(C)C)cc3)C(C)(C)C)c1C)C(C)(C)CC2(C)C. The molecule has 296 valence electrons. The van der Waals surface area contributed by atoms with E-state index in [0.717, 1.165) is 12.8 Å². The number of benzene rings is 4. The summed E-state index contributed by atoms with van der Waals surface area (Å²) in [4.78, 5) is 5.26. The van der Waals surface area contributed by atoms with Crippen LogP contribution in [0.25, 0.3) is 0 Å². The van der Waals surface area contributed by atoms with Crippen LogP contribution < -0.4 is 9.80 Å². The third-order valence-electron chi connectivity index (χ3n) is 13.2. The lowest BCUT2D eigenvalue weighted by Gasteiger charge is -2.41. The van der Waals surface area contributed by atoms with E-state index in [9.17, 15) is 0 Å². The molecule has 2 heteroatoms. The minimum atomic E-state index is -0.176. The molecule has 2 aliphatic carbocycles. The second-order valence-corrected chi connectivity index (χ2v) is 23.2. The van der Waals surface area contributed by atoms with Gasteiger partial charge in [0.15, 0.2) is 0 Å². The van der Waals surface area contributed by atoms with E-state index in [-0.39, 0.29) is 38.0 Å². The van der Waals surface area contributed by atoms with Gasteiger partial charge in [0.05, 0.1) is 11.4 Å². The van der Waals surface area contributed by atoms with Crippen LogP contribution in [-0.4, -0.2) is 5.54 Å². The molecule has 4 aromatic carbocycles. The maximum Gasteiger partial charge on any atom is 0.0523 e. The fourth-order valence-electron chi connectivity index (χ4n) is 11.1. The molecule has 6 rings (SSSR count). The topological polar surface area (TPSA) is 6.48 Å². The molecule has 0 atom stereocenters. The third kappa shape index (κ3) is 7.08. The number of fused-ring (bicyclic) bond motifs is 2. The lowest BCUT2D eigenvalue weighted by Crippen LogP contribution is -2.38. The molecule has 0 aliphatic heterocycles. The van der Waals surface area contributed by atoms with E-state index in [4.69, 9.17) is 0 Å². The molecule has 0 amide bonds. The molecular weight excluding hydrogens is 665 g/mol. The van der Waals surface area contributed by atoms with E-state index in [1.807, 2.05) is 0 Å². The fraction of sp³-hybridized carbons (Fsp3) is 0.547. The molecule has 0 fully saturated rings. The molecule has 0 saturated carbocycles. The van der Waals surface area contributed by atoms with Gasteiger partial charge in [0.2, 0.25) is 0 Å². The van der Waals surface area contributed by atoms with Crippen molar-refractivity contribution in [1.82, 2.24) is 0 Å². The van der Waals surface area contributed by atoms with E-state index in [1.165, 1.54) is 78.5 Å². The Balaban J connectivity index is 1.73. The molecule has 0 aromatic heterocycles. The maximum absolute atomic E-state index is 2.67. The molecule has 0 spiro atoms. The highest BCUT2D eigenvalue weighted by Gasteiger charge is 2.45. The van der Waals surface area contributed by atoms with E-state index >= 15 is 0 Å². The van der Waals surface area contributed by atoms with Crippen LogP contribution in [0.2, 0.25) is 0 Å². The van der Waals surface area contributed by atoms with Crippen LogP contribution in [-0.2, 0) is 32.5 Å². The average Bonchev–Trinajstić information content (AvgIpc) is 3.32. The van der Waals surface area contributed by atoms with E-state index in [2.05, 4.69) is 209 Å². The van der Waals surface area contributed by atoms with Crippen molar-refractivity contribution < 1.29 is 0 Å². The molecule has 0 heterocycles. The molecule has 2 aliphatic rings. The highest BCUT2D eigenvalue weighted by atomic mass is 15.2. The van der Waals surface area contributed by atoms with E-state index < -0.39 is 0 Å². The zero-order valence-corrected chi connectivity index (χ0v) is 38.6. The predicted octanol–water partition coefficient (Wildman–Crippen LogP) is 15.5. The molecule has 0 bridgehead atoms. The number of anilines is 5. The van der Waals surface area contributed by atoms with E-state index in [0.29, 0.717) is 0 Å². The fourth-order valence-corrected chi connectivity index (χ4v) is 11.1. The van der Waals surface area contributed by atoms with Gasteiger partial charge in [0.25, 0.3) is 0 Å². The van der Waals surface area contributed by atoms with E-state index in [1.54, 1.807) is 0 Å².